The minimum atomic E-state index is -3.53. The monoisotopic (exact) mass is 207 g/mol. The van der Waals surface area contributed by atoms with Crippen molar-refractivity contribution in [1.82, 2.24) is 9.62 Å². The van der Waals surface area contributed by atoms with Gasteiger partial charge in [-0.2, -0.15) is 13.1 Å². The second kappa shape index (κ2) is 3.91. The highest BCUT2D eigenvalue weighted by Gasteiger charge is 2.24. The maximum Gasteiger partial charge on any atom is 0.274 e. The smallest absolute Gasteiger partial charge is 0.274 e. The highest BCUT2D eigenvalue weighted by atomic mass is 32.2. The van der Waals surface area contributed by atoms with E-state index >= 15 is 0 Å². The molecule has 2 atom stereocenters. The molecule has 0 aromatic rings. The third kappa shape index (κ3) is 3.60. The lowest BCUT2D eigenvalue weighted by atomic mass is 10.0. The zero-order chi connectivity index (χ0) is 10.1. The first-order valence-corrected chi connectivity index (χ1v) is 5.93. The maximum absolute atomic E-state index is 10.7. The number of nitrogens with one attached hydrogen (secondary N) is 1. The van der Waals surface area contributed by atoms with Crippen LogP contribution in [-0.2, 0) is 10.2 Å². The van der Waals surface area contributed by atoms with Gasteiger partial charge in [-0.25, -0.2) is 5.14 Å². The molecule has 6 heteroatoms. The van der Waals surface area contributed by atoms with Crippen molar-refractivity contribution in [3.8, 4) is 0 Å². The molecule has 0 saturated carbocycles. The van der Waals surface area contributed by atoms with E-state index in [1.165, 1.54) is 0 Å². The maximum atomic E-state index is 10.7. The molecule has 0 amide bonds. The molecule has 78 valence electrons. The Bertz CT molecular complexity index is 265. The highest BCUT2D eigenvalue weighted by Crippen LogP contribution is 2.15. The van der Waals surface area contributed by atoms with E-state index in [1.54, 1.807) is 0 Å². The summed E-state index contributed by atoms with van der Waals surface area (Å²) >= 11 is 0. The van der Waals surface area contributed by atoms with Crippen LogP contribution in [0.25, 0.3) is 0 Å². The van der Waals surface area contributed by atoms with E-state index in [9.17, 15) is 8.42 Å². The van der Waals surface area contributed by atoms with Gasteiger partial charge in [0.1, 0.15) is 0 Å². The molecular formula is C7H17N3O2S. The largest absolute Gasteiger partial charge is 0.304 e. The van der Waals surface area contributed by atoms with E-state index in [0.717, 1.165) is 19.4 Å². The fraction of sp³-hybridized carbons (Fsp3) is 1.00. The Morgan fingerprint density at radius 3 is 2.62 bits per heavy atom. The Balaban J connectivity index is 2.47. The molecule has 13 heavy (non-hydrogen) atoms. The van der Waals surface area contributed by atoms with Gasteiger partial charge >= 0.3 is 0 Å². The summed E-state index contributed by atoms with van der Waals surface area (Å²) in [6.45, 7) is 2.99. The molecule has 0 radical (unpaired) electrons. The number of nitrogens with zero attached hydrogens (tertiary/aromatic N) is 1. The quantitative estimate of drug-likeness (QED) is 0.626. The molecule has 1 fully saturated rings. The second-order valence-corrected chi connectivity index (χ2v) is 5.04. The summed E-state index contributed by atoms with van der Waals surface area (Å²) < 4.78 is 23.9. The molecule has 1 saturated heterocycles. The zero-order valence-electron chi connectivity index (χ0n) is 8.03. The third-order valence-corrected chi connectivity index (χ3v) is 3.20. The summed E-state index contributed by atoms with van der Waals surface area (Å²) in [5, 5.41) is 4.89. The fourth-order valence-corrected chi connectivity index (χ4v) is 2.31. The fourth-order valence-electron chi connectivity index (χ4n) is 1.63. The molecule has 2 unspecified atom stereocenters. The molecule has 3 N–H and O–H groups in total. The van der Waals surface area contributed by atoms with E-state index < -0.39 is 10.2 Å². The minimum Gasteiger partial charge on any atom is -0.304 e. The van der Waals surface area contributed by atoms with Crippen molar-refractivity contribution in [2.45, 2.75) is 31.8 Å². The van der Waals surface area contributed by atoms with Gasteiger partial charge in [0.25, 0.3) is 10.2 Å². The van der Waals surface area contributed by atoms with Gasteiger partial charge in [0.15, 0.2) is 0 Å². The van der Waals surface area contributed by atoms with Crippen LogP contribution in [0.4, 0.5) is 0 Å². The third-order valence-electron chi connectivity index (χ3n) is 2.54. The molecule has 0 bridgehead atoms. The first-order valence-electron chi connectivity index (χ1n) is 4.39. The molecule has 0 aromatic heterocycles. The van der Waals surface area contributed by atoms with E-state index in [0.29, 0.717) is 6.04 Å². The Morgan fingerprint density at radius 1 is 1.54 bits per heavy atom. The zero-order valence-corrected chi connectivity index (χ0v) is 8.84. The number of rotatable bonds is 2. The van der Waals surface area contributed by atoms with Gasteiger partial charge in [0, 0.05) is 12.1 Å². The summed E-state index contributed by atoms with van der Waals surface area (Å²) in [6, 6.07) is 0.411. The Hall–Kier alpha value is -0.170. The number of hydrogen-bond acceptors (Lipinski definition) is 3. The molecule has 5 nitrogen and oxygen atoms in total. The molecule has 1 heterocycles. The van der Waals surface area contributed by atoms with Crippen LogP contribution in [0.15, 0.2) is 0 Å². The van der Waals surface area contributed by atoms with E-state index in [2.05, 4.69) is 16.5 Å². The second-order valence-electron chi connectivity index (χ2n) is 3.71. The Labute approximate surface area is 79.5 Å². The van der Waals surface area contributed by atoms with Crippen molar-refractivity contribution in [3.63, 3.8) is 0 Å². The standard InChI is InChI=1S/C7H17N3O2S/c1-6-5-7(3-4-10(6)2)9-13(8,11)12/h6-7,9H,3-5H2,1-2H3,(H2,8,11,12). The molecule has 1 aliphatic heterocycles. The van der Waals surface area contributed by atoms with Crippen LogP contribution < -0.4 is 9.86 Å². The number of likely N-dealkylation sites (tertiary alicyclic amines) is 1. The van der Waals surface area contributed by atoms with Crippen LogP contribution in [0.3, 0.4) is 0 Å². The van der Waals surface area contributed by atoms with Crippen molar-refractivity contribution < 1.29 is 8.42 Å². The average Bonchev–Trinajstić information content (AvgIpc) is 1.94. The van der Waals surface area contributed by atoms with Gasteiger partial charge in [-0.05, 0) is 33.4 Å². The van der Waals surface area contributed by atoms with Gasteiger partial charge in [-0.1, -0.05) is 0 Å². The Morgan fingerprint density at radius 2 is 2.15 bits per heavy atom. The van der Waals surface area contributed by atoms with Gasteiger partial charge in [0.2, 0.25) is 0 Å². The lowest BCUT2D eigenvalue weighted by molar-refractivity contribution is 0.178. The number of piperidine rings is 1. The normalized spacial score (nSPS) is 31.9. The van der Waals surface area contributed by atoms with Gasteiger partial charge < -0.3 is 4.90 Å². The predicted octanol–water partition coefficient (Wildman–Crippen LogP) is -0.738. The summed E-state index contributed by atoms with van der Waals surface area (Å²) in [5.74, 6) is 0. The topological polar surface area (TPSA) is 75.4 Å². The lowest BCUT2D eigenvalue weighted by Gasteiger charge is -2.34. The van der Waals surface area contributed by atoms with Gasteiger partial charge in [-0.15, -0.1) is 0 Å². The van der Waals surface area contributed by atoms with Crippen molar-refractivity contribution in [2.24, 2.45) is 5.14 Å². The summed E-state index contributed by atoms with van der Waals surface area (Å²) in [4.78, 5) is 2.21. The molecule has 1 rings (SSSR count). The van der Waals surface area contributed by atoms with Crippen molar-refractivity contribution in [3.05, 3.63) is 0 Å². The van der Waals surface area contributed by atoms with E-state index in [1.807, 2.05) is 7.05 Å². The first-order chi connectivity index (χ1) is 5.88. The summed E-state index contributed by atoms with van der Waals surface area (Å²) in [5.41, 5.74) is 0. The lowest BCUT2D eigenvalue weighted by Crippen LogP contribution is -2.48. The Kier molecular flexibility index (Phi) is 3.28. The summed E-state index contributed by atoms with van der Waals surface area (Å²) in [6.07, 6.45) is 1.66. The predicted molar refractivity (Wildman–Crippen MR) is 51.4 cm³/mol. The van der Waals surface area contributed by atoms with Crippen LogP contribution in [0.1, 0.15) is 19.8 Å². The molecule has 0 aliphatic carbocycles. The number of hydrogen-bond donors (Lipinski definition) is 2. The molecule has 0 spiro atoms. The van der Waals surface area contributed by atoms with Gasteiger partial charge in [-0.3, -0.25) is 0 Å². The molecule has 0 aromatic carbocycles. The van der Waals surface area contributed by atoms with Crippen molar-refractivity contribution in [1.29, 1.82) is 0 Å². The van der Waals surface area contributed by atoms with Crippen molar-refractivity contribution >= 4 is 10.2 Å². The SMILES string of the molecule is CC1CC(NS(N)(=O)=O)CCN1C. The molecular weight excluding hydrogens is 190 g/mol. The van der Waals surface area contributed by atoms with E-state index in [-0.39, 0.29) is 6.04 Å². The van der Waals surface area contributed by atoms with Gasteiger partial charge in [0.05, 0.1) is 0 Å². The summed E-state index contributed by atoms with van der Waals surface area (Å²) in [7, 11) is -1.49. The minimum absolute atomic E-state index is 0.00111. The van der Waals surface area contributed by atoms with Crippen LogP contribution in [0.2, 0.25) is 0 Å². The van der Waals surface area contributed by atoms with Crippen molar-refractivity contribution in [2.75, 3.05) is 13.6 Å². The first kappa shape index (κ1) is 10.9. The van der Waals surface area contributed by atoms with Crippen LogP contribution in [0.5, 0.6) is 0 Å². The number of nitrogens with two attached hydrogens (primary N) is 1. The average molecular weight is 207 g/mol. The van der Waals surface area contributed by atoms with Crippen LogP contribution in [0, 0.1) is 0 Å². The van der Waals surface area contributed by atoms with Crippen LogP contribution >= 0.6 is 0 Å². The highest BCUT2D eigenvalue weighted by molar-refractivity contribution is 7.87. The van der Waals surface area contributed by atoms with Crippen LogP contribution in [-0.4, -0.2) is 39.0 Å². The molecule has 1 aliphatic rings. The van der Waals surface area contributed by atoms with E-state index in [4.69, 9.17) is 5.14 Å².